The van der Waals surface area contributed by atoms with Gasteiger partial charge in [-0.05, 0) is 12.8 Å². The first kappa shape index (κ1) is 10.8. The molecule has 0 aliphatic carbocycles. The summed E-state index contributed by atoms with van der Waals surface area (Å²) < 4.78 is 4.25. The van der Waals surface area contributed by atoms with Crippen LogP contribution in [0.1, 0.15) is 32.6 Å². The predicted molar refractivity (Wildman–Crippen MR) is 40.9 cm³/mol. The molecule has 0 aromatic heterocycles. The van der Waals surface area contributed by atoms with Crippen LogP contribution in [0, 0.1) is 0 Å². The Morgan fingerprint density at radius 3 is 2.50 bits per heavy atom. The van der Waals surface area contributed by atoms with Gasteiger partial charge in [0.2, 0.25) is 0 Å². The quantitative estimate of drug-likeness (QED) is 0.348. The van der Waals surface area contributed by atoms with E-state index in [0.29, 0.717) is 19.3 Å². The summed E-state index contributed by atoms with van der Waals surface area (Å²) in [6.07, 6.45) is 3.39. The molecule has 0 rings (SSSR count). The van der Waals surface area contributed by atoms with Crippen molar-refractivity contribution in [2.75, 3.05) is 0 Å². The van der Waals surface area contributed by atoms with Crippen LogP contribution in [0.3, 0.4) is 0 Å². The molecule has 0 aromatic rings. The van der Waals surface area contributed by atoms with Crippen molar-refractivity contribution >= 4 is 18.2 Å². The minimum atomic E-state index is -0.595. The topological polar surface area (TPSA) is 60.4 Å². The van der Waals surface area contributed by atoms with Gasteiger partial charge in [0.15, 0.2) is 6.29 Å². The van der Waals surface area contributed by atoms with Crippen LogP contribution in [-0.4, -0.2) is 18.2 Å². The standard InChI is InChI=1S/C8H11O4/c1-7(10)12-8(11)5-3-2-4-6-9/h2-5H2,1H3. The van der Waals surface area contributed by atoms with Crippen LogP contribution in [0.4, 0.5) is 0 Å². The molecule has 0 aliphatic rings. The SMILES string of the molecule is CC(=O)OC(=O)CCCC[C]=O. The van der Waals surface area contributed by atoms with Gasteiger partial charge in [-0.25, -0.2) is 0 Å². The molecule has 12 heavy (non-hydrogen) atoms. The maximum absolute atomic E-state index is 10.7. The highest BCUT2D eigenvalue weighted by molar-refractivity contribution is 5.83. The van der Waals surface area contributed by atoms with Gasteiger partial charge < -0.3 is 4.74 Å². The fourth-order valence-corrected chi connectivity index (χ4v) is 0.678. The number of rotatable bonds is 5. The molecule has 0 bridgehead atoms. The molecule has 0 saturated heterocycles. The number of carbonyl (C=O) groups excluding carboxylic acids is 3. The Hall–Kier alpha value is -1.19. The summed E-state index contributed by atoms with van der Waals surface area (Å²) >= 11 is 0. The van der Waals surface area contributed by atoms with Gasteiger partial charge in [0.05, 0.1) is 0 Å². The maximum atomic E-state index is 10.7. The second-order valence-electron chi connectivity index (χ2n) is 2.32. The molecule has 0 atom stereocenters. The molecule has 4 heteroatoms. The third-order valence-electron chi connectivity index (χ3n) is 1.17. The van der Waals surface area contributed by atoms with Crippen molar-refractivity contribution in [2.24, 2.45) is 0 Å². The highest BCUT2D eigenvalue weighted by atomic mass is 16.6. The Balaban J connectivity index is 3.31. The van der Waals surface area contributed by atoms with E-state index in [1.165, 1.54) is 6.92 Å². The largest absolute Gasteiger partial charge is 0.393 e. The van der Waals surface area contributed by atoms with Crippen LogP contribution >= 0.6 is 0 Å². The lowest BCUT2D eigenvalue weighted by Gasteiger charge is -1.97. The van der Waals surface area contributed by atoms with E-state index in [-0.39, 0.29) is 6.42 Å². The molecule has 0 fully saturated rings. The molecule has 4 nitrogen and oxygen atoms in total. The third kappa shape index (κ3) is 6.92. The van der Waals surface area contributed by atoms with E-state index in [2.05, 4.69) is 4.74 Å². The van der Waals surface area contributed by atoms with Crippen molar-refractivity contribution < 1.29 is 19.1 Å². The highest BCUT2D eigenvalue weighted by Gasteiger charge is 2.04. The Morgan fingerprint density at radius 2 is 2.00 bits per heavy atom. The molecule has 0 heterocycles. The number of esters is 2. The van der Waals surface area contributed by atoms with E-state index < -0.39 is 11.9 Å². The number of hydrogen-bond acceptors (Lipinski definition) is 4. The van der Waals surface area contributed by atoms with Crippen LogP contribution in [0.5, 0.6) is 0 Å². The van der Waals surface area contributed by atoms with Crippen LogP contribution < -0.4 is 0 Å². The van der Waals surface area contributed by atoms with Crippen molar-refractivity contribution in [3.8, 4) is 0 Å². The molecule has 67 valence electrons. The average Bonchev–Trinajstić information content (AvgIpc) is 1.97. The maximum Gasteiger partial charge on any atom is 0.313 e. The minimum absolute atomic E-state index is 0.182. The molecule has 0 unspecified atom stereocenters. The molecule has 1 radical (unpaired) electrons. The van der Waals surface area contributed by atoms with Crippen molar-refractivity contribution in [1.29, 1.82) is 0 Å². The van der Waals surface area contributed by atoms with Crippen LogP contribution in [0.2, 0.25) is 0 Å². The molecule has 0 spiro atoms. The average molecular weight is 171 g/mol. The molecular formula is C8H11O4. The predicted octanol–water partition coefficient (Wildman–Crippen LogP) is 0.746. The van der Waals surface area contributed by atoms with Gasteiger partial charge in [0, 0.05) is 19.8 Å². The van der Waals surface area contributed by atoms with Gasteiger partial charge in [-0.2, -0.15) is 0 Å². The zero-order valence-electron chi connectivity index (χ0n) is 6.96. The van der Waals surface area contributed by atoms with E-state index in [0.717, 1.165) is 0 Å². The number of carbonyl (C=O) groups is 2. The van der Waals surface area contributed by atoms with E-state index in [9.17, 15) is 14.4 Å². The van der Waals surface area contributed by atoms with Crippen molar-refractivity contribution in [1.82, 2.24) is 0 Å². The van der Waals surface area contributed by atoms with Crippen LogP contribution in [0.15, 0.2) is 0 Å². The summed E-state index contributed by atoms with van der Waals surface area (Å²) in [5, 5.41) is 0. The van der Waals surface area contributed by atoms with E-state index >= 15 is 0 Å². The minimum Gasteiger partial charge on any atom is -0.393 e. The molecular weight excluding hydrogens is 160 g/mol. The first-order valence-electron chi connectivity index (χ1n) is 3.73. The highest BCUT2D eigenvalue weighted by Crippen LogP contribution is 1.99. The lowest BCUT2D eigenvalue weighted by molar-refractivity contribution is -0.158. The zero-order valence-corrected chi connectivity index (χ0v) is 6.96. The smallest absolute Gasteiger partial charge is 0.313 e. The zero-order chi connectivity index (χ0) is 9.40. The van der Waals surface area contributed by atoms with Gasteiger partial charge in [-0.1, -0.05) is 0 Å². The van der Waals surface area contributed by atoms with E-state index in [1.807, 2.05) is 0 Å². The number of ether oxygens (including phenoxy) is 1. The normalized spacial score (nSPS) is 9.08. The summed E-state index contributed by atoms with van der Waals surface area (Å²) in [5.41, 5.74) is 0. The van der Waals surface area contributed by atoms with Crippen LogP contribution in [-0.2, 0) is 19.1 Å². The summed E-state index contributed by atoms with van der Waals surface area (Å²) in [6, 6.07) is 0. The third-order valence-corrected chi connectivity index (χ3v) is 1.17. The fourth-order valence-electron chi connectivity index (χ4n) is 0.678. The summed E-state index contributed by atoms with van der Waals surface area (Å²) in [7, 11) is 0. The Kier molecular flexibility index (Phi) is 5.87. The van der Waals surface area contributed by atoms with Crippen LogP contribution in [0.25, 0.3) is 0 Å². The number of hydrogen-bond donors (Lipinski definition) is 0. The Morgan fingerprint density at radius 1 is 1.33 bits per heavy atom. The van der Waals surface area contributed by atoms with E-state index in [1.54, 1.807) is 6.29 Å². The summed E-state index contributed by atoms with van der Waals surface area (Å²) in [6.45, 7) is 1.18. The lowest BCUT2D eigenvalue weighted by atomic mass is 10.2. The lowest BCUT2D eigenvalue weighted by Crippen LogP contribution is -2.08. The monoisotopic (exact) mass is 171 g/mol. The molecule has 0 N–H and O–H groups in total. The summed E-state index contributed by atoms with van der Waals surface area (Å²) in [5.74, 6) is -1.13. The van der Waals surface area contributed by atoms with Crippen molar-refractivity contribution in [3.63, 3.8) is 0 Å². The van der Waals surface area contributed by atoms with Crippen molar-refractivity contribution in [2.45, 2.75) is 32.6 Å². The molecule has 0 aliphatic heterocycles. The van der Waals surface area contributed by atoms with Gasteiger partial charge in [-0.15, -0.1) is 0 Å². The second kappa shape index (κ2) is 6.52. The number of unbranched alkanes of at least 4 members (excludes halogenated alkanes) is 2. The Bertz CT molecular complexity index is 174. The fraction of sp³-hybridized carbons (Fsp3) is 0.625. The molecule has 0 aromatic carbocycles. The molecule has 0 saturated carbocycles. The van der Waals surface area contributed by atoms with E-state index in [4.69, 9.17) is 0 Å². The summed E-state index contributed by atoms with van der Waals surface area (Å²) in [4.78, 5) is 30.6. The molecule has 0 amide bonds. The van der Waals surface area contributed by atoms with Gasteiger partial charge in [-0.3, -0.25) is 14.4 Å². The van der Waals surface area contributed by atoms with Gasteiger partial charge in [0.25, 0.3) is 0 Å². The van der Waals surface area contributed by atoms with Crippen molar-refractivity contribution in [3.05, 3.63) is 0 Å². The first-order valence-corrected chi connectivity index (χ1v) is 3.73. The second-order valence-corrected chi connectivity index (χ2v) is 2.32. The first-order chi connectivity index (χ1) is 5.66. The van der Waals surface area contributed by atoms with Gasteiger partial charge in [0.1, 0.15) is 0 Å². The Labute approximate surface area is 70.9 Å². The van der Waals surface area contributed by atoms with Gasteiger partial charge >= 0.3 is 11.9 Å².